The van der Waals surface area contributed by atoms with Crippen LogP contribution >= 0.6 is 11.8 Å². The Morgan fingerprint density at radius 2 is 1.72 bits per heavy atom. The van der Waals surface area contributed by atoms with E-state index in [0.29, 0.717) is 29.1 Å². The fraction of sp³-hybridized carbons (Fsp3) is 0.192. The first kappa shape index (κ1) is 20.5. The third kappa shape index (κ3) is 3.82. The first-order valence-electron chi connectivity index (χ1n) is 10.7. The van der Waals surface area contributed by atoms with E-state index in [9.17, 15) is 9.59 Å². The maximum absolute atomic E-state index is 13.3. The molecule has 1 atom stereocenters. The summed E-state index contributed by atoms with van der Waals surface area (Å²) in [5.41, 5.74) is 3.76. The van der Waals surface area contributed by atoms with Crippen molar-refractivity contribution in [1.82, 2.24) is 9.55 Å². The molecule has 32 heavy (non-hydrogen) atoms. The molecular weight excluding hydrogens is 418 g/mol. The quantitative estimate of drug-likeness (QED) is 0.338. The van der Waals surface area contributed by atoms with Crippen molar-refractivity contribution in [3.05, 3.63) is 100 Å². The van der Waals surface area contributed by atoms with E-state index in [-0.39, 0.29) is 16.7 Å². The van der Waals surface area contributed by atoms with Crippen molar-refractivity contribution < 1.29 is 4.79 Å². The number of aromatic nitrogens is 2. The van der Waals surface area contributed by atoms with Gasteiger partial charge >= 0.3 is 0 Å². The van der Waals surface area contributed by atoms with Crippen LogP contribution in [0.2, 0.25) is 0 Å². The second kappa shape index (κ2) is 8.63. The smallest absolute Gasteiger partial charge is 0.262 e. The SMILES string of the molecule is C[C@@H](Sc1nc2ccccc2c(=O)n1Cc1ccccc1)C(=O)N1CCc2ccccc21. The summed E-state index contributed by atoms with van der Waals surface area (Å²) >= 11 is 1.35. The number of rotatable bonds is 5. The largest absolute Gasteiger partial charge is 0.311 e. The van der Waals surface area contributed by atoms with Gasteiger partial charge in [-0.25, -0.2) is 4.98 Å². The summed E-state index contributed by atoms with van der Waals surface area (Å²) in [6.07, 6.45) is 0.867. The van der Waals surface area contributed by atoms with Crippen LogP contribution in [0.25, 0.3) is 10.9 Å². The summed E-state index contributed by atoms with van der Waals surface area (Å²) in [6.45, 7) is 2.99. The molecule has 0 aliphatic carbocycles. The second-order valence-corrected chi connectivity index (χ2v) is 9.23. The predicted molar refractivity (Wildman–Crippen MR) is 129 cm³/mol. The molecule has 0 unspecified atom stereocenters. The van der Waals surface area contributed by atoms with Crippen molar-refractivity contribution in [2.24, 2.45) is 0 Å². The predicted octanol–water partition coefficient (Wildman–Crippen LogP) is 4.51. The number of fused-ring (bicyclic) bond motifs is 2. The number of hydrogen-bond donors (Lipinski definition) is 0. The molecule has 0 fully saturated rings. The van der Waals surface area contributed by atoms with Gasteiger partial charge in [0, 0.05) is 12.2 Å². The molecule has 1 aromatic heterocycles. The Labute approximate surface area is 190 Å². The molecule has 0 saturated heterocycles. The lowest BCUT2D eigenvalue weighted by molar-refractivity contribution is -0.117. The molecule has 4 aromatic rings. The van der Waals surface area contributed by atoms with Gasteiger partial charge < -0.3 is 4.90 Å². The fourth-order valence-electron chi connectivity index (χ4n) is 4.14. The average molecular weight is 442 g/mol. The van der Waals surface area contributed by atoms with Gasteiger partial charge in [0.15, 0.2) is 5.16 Å². The average Bonchev–Trinajstić information content (AvgIpc) is 3.26. The maximum Gasteiger partial charge on any atom is 0.262 e. The molecule has 5 rings (SSSR count). The van der Waals surface area contributed by atoms with E-state index in [2.05, 4.69) is 6.07 Å². The van der Waals surface area contributed by atoms with Crippen molar-refractivity contribution in [2.75, 3.05) is 11.4 Å². The van der Waals surface area contributed by atoms with Gasteiger partial charge in [-0.05, 0) is 42.7 Å². The summed E-state index contributed by atoms with van der Waals surface area (Å²) in [5, 5.41) is 0.766. The van der Waals surface area contributed by atoms with Crippen molar-refractivity contribution in [3.63, 3.8) is 0 Å². The number of benzene rings is 3. The van der Waals surface area contributed by atoms with Crippen LogP contribution in [0.4, 0.5) is 5.69 Å². The Morgan fingerprint density at radius 1 is 1.00 bits per heavy atom. The zero-order valence-electron chi connectivity index (χ0n) is 17.8. The lowest BCUT2D eigenvalue weighted by Crippen LogP contribution is -2.35. The van der Waals surface area contributed by atoms with E-state index >= 15 is 0 Å². The number of hydrogen-bond acceptors (Lipinski definition) is 4. The molecule has 0 saturated carbocycles. The van der Waals surface area contributed by atoms with Crippen molar-refractivity contribution in [1.29, 1.82) is 0 Å². The number of amides is 1. The standard InChI is InChI=1S/C26H23N3O2S/c1-18(24(30)28-16-15-20-11-5-8-14-23(20)28)32-26-27-22-13-7-6-12-21(22)25(31)29(26)17-19-9-3-2-4-10-19/h2-14,18H,15-17H2,1H3/t18-/m1/s1. The molecule has 3 aromatic carbocycles. The normalized spacial score (nSPS) is 13.8. The molecule has 1 aliphatic heterocycles. The zero-order chi connectivity index (χ0) is 22.1. The summed E-state index contributed by atoms with van der Waals surface area (Å²) in [6, 6.07) is 25.3. The number of carbonyl (C=O) groups excluding carboxylic acids is 1. The van der Waals surface area contributed by atoms with E-state index in [0.717, 1.165) is 17.7 Å². The van der Waals surface area contributed by atoms with Crippen molar-refractivity contribution in [2.45, 2.75) is 30.3 Å². The topological polar surface area (TPSA) is 55.2 Å². The highest BCUT2D eigenvalue weighted by molar-refractivity contribution is 8.00. The Bertz CT molecular complexity index is 1350. The van der Waals surface area contributed by atoms with Gasteiger partial charge in [-0.2, -0.15) is 0 Å². The van der Waals surface area contributed by atoms with E-state index in [1.165, 1.54) is 17.3 Å². The summed E-state index contributed by atoms with van der Waals surface area (Å²) in [7, 11) is 0. The van der Waals surface area contributed by atoms with Crippen LogP contribution in [-0.2, 0) is 17.8 Å². The molecule has 1 amide bonds. The molecule has 5 nitrogen and oxygen atoms in total. The lowest BCUT2D eigenvalue weighted by atomic mass is 10.2. The first-order chi connectivity index (χ1) is 15.6. The Balaban J connectivity index is 1.49. The van der Waals surface area contributed by atoms with Gasteiger partial charge in [0.25, 0.3) is 5.56 Å². The van der Waals surface area contributed by atoms with E-state index in [1.807, 2.05) is 78.6 Å². The monoisotopic (exact) mass is 441 g/mol. The highest BCUT2D eigenvalue weighted by Gasteiger charge is 2.29. The first-order valence-corrected chi connectivity index (χ1v) is 11.6. The molecule has 0 radical (unpaired) electrons. The van der Waals surface area contributed by atoms with Crippen LogP contribution in [-0.4, -0.2) is 27.3 Å². The fourth-order valence-corrected chi connectivity index (χ4v) is 5.11. The van der Waals surface area contributed by atoms with Crippen molar-refractivity contribution >= 4 is 34.3 Å². The van der Waals surface area contributed by atoms with Gasteiger partial charge in [0.1, 0.15) is 0 Å². The third-order valence-electron chi connectivity index (χ3n) is 5.79. The minimum Gasteiger partial charge on any atom is -0.311 e. The molecule has 2 heterocycles. The van der Waals surface area contributed by atoms with Gasteiger partial charge in [-0.3, -0.25) is 14.2 Å². The van der Waals surface area contributed by atoms with Crippen LogP contribution in [0.3, 0.4) is 0 Å². The minimum absolute atomic E-state index is 0.0358. The van der Waals surface area contributed by atoms with Gasteiger partial charge in [0.05, 0.1) is 22.7 Å². The lowest BCUT2D eigenvalue weighted by Gasteiger charge is -2.22. The minimum atomic E-state index is -0.378. The van der Waals surface area contributed by atoms with Crippen LogP contribution < -0.4 is 10.5 Å². The summed E-state index contributed by atoms with van der Waals surface area (Å²) in [4.78, 5) is 33.3. The third-order valence-corrected chi connectivity index (χ3v) is 6.87. The van der Waals surface area contributed by atoms with Crippen LogP contribution in [0.1, 0.15) is 18.1 Å². The van der Waals surface area contributed by atoms with Crippen LogP contribution in [0, 0.1) is 0 Å². The number of carbonyl (C=O) groups is 1. The molecule has 0 N–H and O–H groups in total. The second-order valence-electron chi connectivity index (χ2n) is 7.92. The van der Waals surface area contributed by atoms with E-state index < -0.39 is 0 Å². The molecular formula is C26H23N3O2S. The van der Waals surface area contributed by atoms with E-state index in [1.54, 1.807) is 10.6 Å². The Kier molecular flexibility index (Phi) is 5.53. The van der Waals surface area contributed by atoms with Gasteiger partial charge in [0.2, 0.25) is 5.91 Å². The van der Waals surface area contributed by atoms with Gasteiger partial charge in [-0.15, -0.1) is 0 Å². The number of thioether (sulfide) groups is 1. The maximum atomic E-state index is 13.3. The Morgan fingerprint density at radius 3 is 2.56 bits per heavy atom. The highest BCUT2D eigenvalue weighted by atomic mass is 32.2. The van der Waals surface area contributed by atoms with Crippen LogP contribution in [0.15, 0.2) is 88.8 Å². The van der Waals surface area contributed by atoms with Crippen molar-refractivity contribution in [3.8, 4) is 0 Å². The Hall–Kier alpha value is -3.38. The zero-order valence-corrected chi connectivity index (χ0v) is 18.6. The van der Waals surface area contributed by atoms with E-state index in [4.69, 9.17) is 4.98 Å². The summed E-state index contributed by atoms with van der Waals surface area (Å²) < 4.78 is 1.68. The van der Waals surface area contributed by atoms with Gasteiger partial charge in [-0.1, -0.05) is 72.4 Å². The highest BCUT2D eigenvalue weighted by Crippen LogP contribution is 2.31. The van der Waals surface area contributed by atoms with Crippen LogP contribution in [0.5, 0.6) is 0 Å². The molecule has 1 aliphatic rings. The molecule has 0 bridgehead atoms. The summed E-state index contributed by atoms with van der Waals surface area (Å²) in [5.74, 6) is 0.0358. The number of anilines is 1. The number of nitrogens with zero attached hydrogens (tertiary/aromatic N) is 3. The molecule has 6 heteroatoms. The number of para-hydroxylation sites is 2. The molecule has 160 valence electrons. The molecule has 0 spiro atoms.